The molecule has 0 radical (unpaired) electrons. The lowest BCUT2D eigenvalue weighted by Crippen LogP contribution is -2.42. The van der Waals surface area contributed by atoms with Gasteiger partial charge >= 0.3 is 0 Å². The molecule has 47 heavy (non-hydrogen) atoms. The molecule has 5 N–H and O–H groups in total. The van der Waals surface area contributed by atoms with E-state index in [0.717, 1.165) is 61.2 Å². The van der Waals surface area contributed by atoms with Crippen molar-refractivity contribution in [1.29, 1.82) is 0 Å². The van der Waals surface area contributed by atoms with Gasteiger partial charge in [0.1, 0.15) is 0 Å². The molecule has 5 rings (SSSR count). The monoisotopic (exact) mass is 644 g/mol. The molecule has 4 atom stereocenters. The number of hydrogen-bond donors (Lipinski definition) is 4. The minimum Gasteiger partial charge on any atom is -0.397 e. The lowest BCUT2D eigenvalue weighted by Gasteiger charge is -2.38. The largest absolute Gasteiger partial charge is 0.397 e. The van der Waals surface area contributed by atoms with Gasteiger partial charge in [0.25, 0.3) is 0 Å². The minimum atomic E-state index is -0.529. The van der Waals surface area contributed by atoms with E-state index < -0.39 is 6.29 Å². The fraction of sp³-hybridized carbons (Fsp3) is 0.459. The average Bonchev–Trinajstić information content (AvgIpc) is 3.53. The van der Waals surface area contributed by atoms with Gasteiger partial charge in [0, 0.05) is 51.1 Å². The van der Waals surface area contributed by atoms with E-state index >= 15 is 0 Å². The third-order valence-corrected chi connectivity index (χ3v) is 8.95. The average molecular weight is 645 g/mol. The molecule has 252 valence electrons. The number of anilines is 2. The Morgan fingerprint density at radius 1 is 0.936 bits per heavy atom. The minimum absolute atomic E-state index is 0.00693. The van der Waals surface area contributed by atoms with E-state index in [1.165, 1.54) is 0 Å². The number of amides is 2. The maximum atomic E-state index is 12.5. The molecule has 10 heteroatoms. The Morgan fingerprint density at radius 3 is 2.36 bits per heavy atom. The first-order chi connectivity index (χ1) is 22.9. The molecule has 2 saturated heterocycles. The van der Waals surface area contributed by atoms with Gasteiger partial charge in [-0.25, -0.2) is 0 Å². The predicted octanol–water partition coefficient (Wildman–Crippen LogP) is 5.23. The molecule has 2 fully saturated rings. The Hall–Kier alpha value is -3.80. The van der Waals surface area contributed by atoms with Crippen LogP contribution in [0.15, 0.2) is 72.8 Å². The number of benzene rings is 3. The van der Waals surface area contributed by atoms with Crippen molar-refractivity contribution < 1.29 is 28.9 Å². The Balaban J connectivity index is 1.11. The highest BCUT2D eigenvalue weighted by Crippen LogP contribution is 2.38. The smallest absolute Gasteiger partial charge is 0.224 e. The number of unbranched alkanes of at least 4 members (excludes halogenated alkanes) is 1. The summed E-state index contributed by atoms with van der Waals surface area (Å²) in [5.41, 5.74) is 10.8. The number of aliphatic hydroxyl groups is 1. The fourth-order valence-corrected chi connectivity index (χ4v) is 6.29. The van der Waals surface area contributed by atoms with Gasteiger partial charge in [0.05, 0.1) is 36.8 Å². The molecule has 0 aliphatic carbocycles. The van der Waals surface area contributed by atoms with Crippen molar-refractivity contribution in [3.63, 3.8) is 0 Å². The number of methoxy groups -OCH3 is 1. The number of carbonyl (C=O) groups is 2. The van der Waals surface area contributed by atoms with Gasteiger partial charge in [0.15, 0.2) is 6.29 Å². The van der Waals surface area contributed by atoms with E-state index in [-0.39, 0.29) is 30.6 Å². The van der Waals surface area contributed by atoms with Crippen LogP contribution in [0.5, 0.6) is 0 Å². The molecule has 3 aromatic rings. The highest BCUT2D eigenvalue weighted by Gasteiger charge is 2.35. The number of nitrogens with two attached hydrogens (primary N) is 1. The van der Waals surface area contributed by atoms with E-state index in [1.807, 2.05) is 60.7 Å². The van der Waals surface area contributed by atoms with Crippen molar-refractivity contribution >= 4 is 23.2 Å². The van der Waals surface area contributed by atoms with Gasteiger partial charge in [-0.15, -0.1) is 0 Å². The Labute approximate surface area is 277 Å². The molecular weight excluding hydrogens is 596 g/mol. The number of carbonyl (C=O) groups excluding carboxylic acids is 2. The number of aliphatic hydroxyl groups excluding tert-OH is 1. The van der Waals surface area contributed by atoms with Crippen molar-refractivity contribution in [2.45, 2.75) is 82.6 Å². The topological polar surface area (TPSA) is 135 Å². The predicted molar refractivity (Wildman–Crippen MR) is 181 cm³/mol. The summed E-state index contributed by atoms with van der Waals surface area (Å²) in [6.07, 6.45) is 4.25. The molecule has 0 unspecified atom stereocenters. The van der Waals surface area contributed by atoms with Crippen molar-refractivity contribution in [3.8, 4) is 0 Å². The summed E-state index contributed by atoms with van der Waals surface area (Å²) < 4.78 is 18.6. The van der Waals surface area contributed by atoms with Crippen LogP contribution in [0.2, 0.25) is 0 Å². The molecule has 10 nitrogen and oxygen atoms in total. The van der Waals surface area contributed by atoms with Crippen LogP contribution < -0.4 is 16.4 Å². The van der Waals surface area contributed by atoms with Crippen LogP contribution in [0, 0.1) is 0 Å². The van der Waals surface area contributed by atoms with Crippen molar-refractivity contribution in [1.82, 2.24) is 10.2 Å². The first-order valence-electron chi connectivity index (χ1n) is 16.6. The normalized spacial score (nSPS) is 21.4. The first-order valence-corrected chi connectivity index (χ1v) is 16.6. The van der Waals surface area contributed by atoms with Gasteiger partial charge in [-0.1, -0.05) is 60.7 Å². The molecule has 2 amide bonds. The summed E-state index contributed by atoms with van der Waals surface area (Å²) in [6.45, 7) is 2.99. The third kappa shape index (κ3) is 10.1. The van der Waals surface area contributed by atoms with E-state index in [0.29, 0.717) is 49.6 Å². The zero-order valence-electron chi connectivity index (χ0n) is 27.2. The molecule has 0 saturated carbocycles. The quantitative estimate of drug-likeness (QED) is 0.131. The maximum absolute atomic E-state index is 12.5. The number of hydrogen-bond acceptors (Lipinski definition) is 8. The van der Waals surface area contributed by atoms with Crippen LogP contribution in [0.4, 0.5) is 11.4 Å². The number of rotatable bonds is 15. The van der Waals surface area contributed by atoms with Crippen LogP contribution in [0.3, 0.4) is 0 Å². The van der Waals surface area contributed by atoms with E-state index in [9.17, 15) is 14.7 Å². The fourth-order valence-electron chi connectivity index (χ4n) is 6.29. The molecule has 0 bridgehead atoms. The van der Waals surface area contributed by atoms with Gasteiger partial charge in [0.2, 0.25) is 11.8 Å². The van der Waals surface area contributed by atoms with Crippen molar-refractivity contribution in [2.75, 3.05) is 37.9 Å². The molecule has 3 aromatic carbocycles. The second kappa shape index (κ2) is 17.4. The van der Waals surface area contributed by atoms with Gasteiger partial charge in [-0.3, -0.25) is 14.5 Å². The van der Waals surface area contributed by atoms with Crippen LogP contribution in [-0.2, 0) is 37.0 Å². The Bertz CT molecular complexity index is 1430. The van der Waals surface area contributed by atoms with Gasteiger partial charge < -0.3 is 35.7 Å². The number of ether oxygens (including phenoxy) is 3. The summed E-state index contributed by atoms with van der Waals surface area (Å²) in [5, 5.41) is 15.3. The van der Waals surface area contributed by atoms with Gasteiger partial charge in [-0.05, 0) is 61.1 Å². The second-order valence-corrected chi connectivity index (χ2v) is 12.5. The molecule has 2 aliphatic rings. The van der Waals surface area contributed by atoms with Crippen LogP contribution in [-0.4, -0.2) is 60.8 Å². The lowest BCUT2D eigenvalue weighted by atomic mass is 9.99. The van der Waals surface area contributed by atoms with Gasteiger partial charge in [-0.2, -0.15) is 0 Å². The Morgan fingerprint density at radius 2 is 1.64 bits per heavy atom. The van der Waals surface area contributed by atoms with E-state index in [4.69, 9.17) is 19.9 Å². The summed E-state index contributed by atoms with van der Waals surface area (Å²) in [5.74, 6) is -0.162. The Kier molecular flexibility index (Phi) is 12.8. The second-order valence-electron chi connectivity index (χ2n) is 12.5. The number of para-hydroxylation sites is 2. The number of nitrogen functional groups attached to an aromatic ring is 1. The third-order valence-electron chi connectivity index (χ3n) is 8.95. The summed E-state index contributed by atoms with van der Waals surface area (Å²) >= 11 is 0. The van der Waals surface area contributed by atoms with Crippen LogP contribution in [0.1, 0.15) is 79.6 Å². The lowest BCUT2D eigenvalue weighted by molar-refractivity contribution is -0.253. The highest BCUT2D eigenvalue weighted by atomic mass is 16.7. The number of nitrogens with one attached hydrogen (secondary N) is 2. The van der Waals surface area contributed by atoms with Crippen LogP contribution >= 0.6 is 0 Å². The zero-order chi connectivity index (χ0) is 33.0. The molecule has 2 heterocycles. The molecule has 0 spiro atoms. The zero-order valence-corrected chi connectivity index (χ0v) is 27.2. The van der Waals surface area contributed by atoms with Crippen molar-refractivity contribution in [2.24, 2.45) is 0 Å². The van der Waals surface area contributed by atoms with E-state index in [1.54, 1.807) is 19.2 Å². The maximum Gasteiger partial charge on any atom is 0.224 e. The van der Waals surface area contributed by atoms with Crippen molar-refractivity contribution in [3.05, 3.63) is 95.1 Å². The SMILES string of the molecule is COC[C@@H]1CCCN1C[C@@H]1C[C@H](c2ccc(CO)cc2)O[C@H](c2ccc(CNC(=O)CCCCC(=O)Nc3ccccc3N)cc2)O1. The number of likely N-dealkylation sites (tertiary alicyclic amines) is 1. The summed E-state index contributed by atoms with van der Waals surface area (Å²) in [7, 11) is 1.76. The number of nitrogens with zero attached hydrogens (tertiary/aromatic N) is 1. The summed E-state index contributed by atoms with van der Waals surface area (Å²) in [4.78, 5) is 27.2. The molecule has 0 aromatic heterocycles. The van der Waals surface area contributed by atoms with E-state index in [2.05, 4.69) is 15.5 Å². The molecule has 2 aliphatic heterocycles. The first kappa shape index (κ1) is 34.5. The standard InChI is InChI=1S/C37H48N4O6/c1-45-25-30-7-6-20-41(30)23-31-21-34(28-16-14-27(24-42)15-17-28)47-37(46-31)29-18-12-26(13-19-29)22-39-35(43)10-4-5-11-36(44)40-33-9-3-2-8-32(33)38/h2-3,8-9,12-19,30-31,34,37,42H,4-7,10-11,20-25,38H2,1H3,(H,39,43)(H,40,44)/t30-,31-,34+,37+/m0/s1. The highest BCUT2D eigenvalue weighted by molar-refractivity contribution is 5.93. The summed E-state index contributed by atoms with van der Waals surface area (Å²) in [6, 6.07) is 23.5. The van der Waals surface area contributed by atoms with Crippen LogP contribution in [0.25, 0.3) is 0 Å². The molecular formula is C37H48N4O6.